The number of nitrogens with two attached hydrogens (primary N) is 2. The number of unbranched alkanes of at least 4 members (excludes halogenated alkanes) is 1. The van der Waals surface area contributed by atoms with Crippen LogP contribution in [0.5, 0.6) is 0 Å². The molecule has 0 aromatic rings. The molecule has 15 atom stereocenters. The number of allylic oxidation sites excluding steroid dienone is 16. The minimum Gasteiger partial charge on any atom is -0.478 e. The van der Waals surface area contributed by atoms with Crippen molar-refractivity contribution in [2.24, 2.45) is 34.2 Å². The molecule has 0 rings (SSSR count). The summed E-state index contributed by atoms with van der Waals surface area (Å²) < 4.78 is 37.3. The number of nitrogens with zero attached hydrogens (tertiary/aromatic N) is 1. The first kappa shape index (κ1) is 77.5. The number of carboxylic acids is 1. The van der Waals surface area contributed by atoms with Crippen molar-refractivity contribution in [3.63, 3.8) is 0 Å². The van der Waals surface area contributed by atoms with Crippen molar-refractivity contribution >= 4 is 28.1 Å². The molecule has 22 heteroatoms. The summed E-state index contributed by atoms with van der Waals surface area (Å²) in [4.78, 5) is 27.7. The van der Waals surface area contributed by atoms with Gasteiger partial charge >= 0.3 is 16.4 Å². The zero-order chi connectivity index (χ0) is 62.8. The van der Waals surface area contributed by atoms with Gasteiger partial charge in [-0.1, -0.05) is 173 Å². The maximum absolute atomic E-state index is 13.1. The number of hydrogen-bond donors (Lipinski definition) is 15. The van der Waals surface area contributed by atoms with Crippen LogP contribution in [0.4, 0.5) is 0 Å². The average Bonchev–Trinajstić information content (AvgIpc) is 3.44. The van der Waals surface area contributed by atoms with Gasteiger partial charge in [-0.3, -0.25) is 14.3 Å². The number of ketones is 1. The van der Waals surface area contributed by atoms with Crippen molar-refractivity contribution in [1.29, 1.82) is 0 Å². The van der Waals surface area contributed by atoms with E-state index in [1.807, 2.05) is 31.2 Å². The van der Waals surface area contributed by atoms with Crippen LogP contribution in [-0.4, -0.2) is 172 Å². The van der Waals surface area contributed by atoms with Crippen molar-refractivity contribution in [2.75, 3.05) is 6.54 Å². The Morgan fingerprint density at radius 1 is 0.542 bits per heavy atom. The highest BCUT2D eigenvalue weighted by atomic mass is 32.3. The minimum absolute atomic E-state index is 0.0265. The Labute approximate surface area is 490 Å². The maximum Gasteiger partial charge on any atom is 0.397 e. The number of Topliss-reactive ketones (excluding diaryl/α,β-unsaturated/α-hetero) is 1. The third-order valence-electron chi connectivity index (χ3n) is 12.6. The lowest BCUT2D eigenvalue weighted by Crippen LogP contribution is -2.37. The lowest BCUT2D eigenvalue weighted by Gasteiger charge is -2.25. The van der Waals surface area contributed by atoms with Crippen molar-refractivity contribution in [3.05, 3.63) is 157 Å². The zero-order valence-corrected chi connectivity index (χ0v) is 49.0. The molecule has 0 aromatic heterocycles. The first-order valence-corrected chi connectivity index (χ1v) is 29.1. The molecule has 0 radical (unpaired) electrons. The summed E-state index contributed by atoms with van der Waals surface area (Å²) in [7, 11) is -5.04. The molecule has 83 heavy (non-hydrogen) atoms. The van der Waals surface area contributed by atoms with Gasteiger partial charge in [0.05, 0.1) is 61.0 Å². The summed E-state index contributed by atoms with van der Waals surface area (Å²) in [5.41, 5.74) is 10.8. The third-order valence-corrected chi connectivity index (χ3v) is 13.0. The smallest absolute Gasteiger partial charge is 0.397 e. The number of carbonyl (C=O) groups excluding carboxylic acids is 1. The fourth-order valence-electron chi connectivity index (χ4n) is 7.72. The molecule has 0 fully saturated rings. The van der Waals surface area contributed by atoms with Crippen LogP contribution < -0.4 is 11.5 Å². The van der Waals surface area contributed by atoms with E-state index in [0.29, 0.717) is 19.4 Å². The molecule has 0 aliphatic carbocycles. The van der Waals surface area contributed by atoms with Gasteiger partial charge in [0.2, 0.25) is 0 Å². The summed E-state index contributed by atoms with van der Waals surface area (Å²) in [5, 5.41) is 123. The monoisotopic (exact) mass is 1190 g/mol. The molecule has 17 N–H and O–H groups in total. The Hall–Kier alpha value is -5.54. The molecule has 0 aliphatic heterocycles. The average molecular weight is 1190 g/mol. The Balaban J connectivity index is 4.89. The highest BCUT2D eigenvalue weighted by Crippen LogP contribution is 2.21. The second-order valence-electron chi connectivity index (χ2n) is 20.3. The molecular formula is C61H95N3O18S. The Morgan fingerprint density at radius 3 is 1.52 bits per heavy atom. The SMILES string of the molecule is C\C(=C/C=C/C=C/CC/C=C/C(C)C(O)C(C)C(O)/C=C/C=C/C=C/C=C/C=C/C=C\C(OS(=O)(=O)O)C(C)C(=O)C(O)CC(O)/C=C/CC(O)CC(O)CC(O)/C=C/CC(O)CC(O)/C=C/CC(O)CC(O)CCCN=C(N)N)C(=O)O. The van der Waals surface area contributed by atoms with E-state index in [2.05, 4.69) is 9.18 Å². The number of hydrogen-bond acceptors (Lipinski definition) is 17. The molecule has 0 saturated heterocycles. The van der Waals surface area contributed by atoms with Crippen LogP contribution in [-0.2, 0) is 24.2 Å². The molecular weight excluding hydrogens is 1090 g/mol. The van der Waals surface area contributed by atoms with Crippen LogP contribution >= 0.6 is 0 Å². The number of carboxylic acid groups (broad SMARTS) is 1. The normalized spacial score (nSPS) is 19.1. The van der Waals surface area contributed by atoms with E-state index in [4.69, 9.17) is 16.6 Å². The summed E-state index contributed by atoms with van der Waals surface area (Å²) in [5.74, 6) is -3.84. The summed E-state index contributed by atoms with van der Waals surface area (Å²) >= 11 is 0. The van der Waals surface area contributed by atoms with E-state index in [0.717, 1.165) is 12.8 Å². The molecule has 0 amide bonds. The molecule has 468 valence electrons. The Morgan fingerprint density at radius 2 is 1.00 bits per heavy atom. The van der Waals surface area contributed by atoms with E-state index in [-0.39, 0.29) is 62.4 Å². The van der Waals surface area contributed by atoms with Crippen LogP contribution in [0.25, 0.3) is 0 Å². The third kappa shape index (κ3) is 42.9. The number of aliphatic carboxylic acids is 1. The van der Waals surface area contributed by atoms with Crippen molar-refractivity contribution in [2.45, 2.75) is 178 Å². The second kappa shape index (κ2) is 45.8. The summed E-state index contributed by atoms with van der Waals surface area (Å²) in [6.45, 7) is 6.79. The van der Waals surface area contributed by atoms with E-state index < -0.39 is 114 Å². The van der Waals surface area contributed by atoms with Crippen LogP contribution in [0.3, 0.4) is 0 Å². The predicted molar refractivity (Wildman–Crippen MR) is 322 cm³/mol. The van der Waals surface area contributed by atoms with Gasteiger partial charge in [-0.05, 0) is 64.7 Å². The van der Waals surface area contributed by atoms with Gasteiger partial charge in [-0.25, -0.2) is 8.98 Å². The highest BCUT2D eigenvalue weighted by Gasteiger charge is 2.32. The lowest BCUT2D eigenvalue weighted by atomic mass is 9.88. The van der Waals surface area contributed by atoms with Gasteiger partial charge in [0.15, 0.2) is 11.7 Å². The van der Waals surface area contributed by atoms with Crippen LogP contribution in [0.1, 0.15) is 105 Å². The number of guanidine groups is 1. The standard InChI is InChI=1S/C61H95N3O18S/c1-43(26-18-14-10-9-11-15-19-27-44(2)60(77)78)58(75)45(3)55(73)35-20-16-12-7-5-6-8-13-17-21-36-57(82-83(79,80)81)46(4)59(76)56(74)42-53(71)33-24-32-51(69)41-54(72)40-50(68)31-23-30-48(66)38-47(65)28-22-29-49(67)39-52(70)34-25-37-64-61(62)63/h5-9,11-13,15-24,26-28,31,33,35-36,43,45-58,65-75H,10,14,25,29-30,32,34,37-42H2,1-4H3,(H,77,78)(H4,62,63,64)(H,79,80,81)/b7-5+,8-6+,11-9+,16-12+,17-13+,19-15+,26-18+,28-22+,31-23+,33-24+,35-20+,36-21-,44-27+. The molecule has 0 spiro atoms. The quantitative estimate of drug-likeness (QED) is 0.00769. The second-order valence-corrected chi connectivity index (χ2v) is 21.3. The van der Waals surface area contributed by atoms with E-state index in [1.54, 1.807) is 79.8 Å². The van der Waals surface area contributed by atoms with Crippen molar-refractivity contribution in [3.8, 4) is 0 Å². The van der Waals surface area contributed by atoms with Crippen molar-refractivity contribution in [1.82, 2.24) is 0 Å². The number of aliphatic hydroxyl groups is 11. The van der Waals surface area contributed by atoms with Gasteiger partial charge in [0.1, 0.15) is 12.2 Å². The fourth-order valence-corrected chi connectivity index (χ4v) is 8.23. The molecule has 0 bridgehead atoms. The zero-order valence-electron chi connectivity index (χ0n) is 48.2. The Kier molecular flexibility index (Phi) is 42.8. The minimum atomic E-state index is -5.04. The van der Waals surface area contributed by atoms with Crippen LogP contribution in [0.2, 0.25) is 0 Å². The molecule has 0 heterocycles. The number of carbonyl (C=O) groups is 2. The van der Waals surface area contributed by atoms with Crippen LogP contribution in [0.15, 0.2) is 162 Å². The molecule has 15 unspecified atom stereocenters. The van der Waals surface area contributed by atoms with Crippen molar-refractivity contribution < 1.29 is 88.0 Å². The molecule has 21 nitrogen and oxygen atoms in total. The summed E-state index contributed by atoms with van der Waals surface area (Å²) in [6.07, 6.45) is 28.8. The first-order chi connectivity index (χ1) is 39.1. The van der Waals surface area contributed by atoms with E-state index in [9.17, 15) is 78.7 Å². The van der Waals surface area contributed by atoms with Gasteiger partial charge in [0.25, 0.3) is 0 Å². The van der Waals surface area contributed by atoms with E-state index in [1.165, 1.54) is 68.5 Å². The molecule has 0 aliphatic rings. The van der Waals surface area contributed by atoms with E-state index >= 15 is 0 Å². The number of rotatable bonds is 45. The van der Waals surface area contributed by atoms with Gasteiger partial charge in [0, 0.05) is 49.1 Å². The van der Waals surface area contributed by atoms with Gasteiger partial charge < -0.3 is 72.7 Å². The predicted octanol–water partition coefficient (Wildman–Crippen LogP) is 4.28. The fraction of sp³-hybridized carbons (Fsp3) is 0.525. The maximum atomic E-state index is 13.1. The van der Waals surface area contributed by atoms with Gasteiger partial charge in [-0.15, -0.1) is 0 Å². The van der Waals surface area contributed by atoms with Crippen LogP contribution in [0, 0.1) is 17.8 Å². The lowest BCUT2D eigenvalue weighted by molar-refractivity contribution is -0.134. The number of aliphatic hydroxyl groups excluding tert-OH is 11. The number of aliphatic imine (C=N–C) groups is 1. The highest BCUT2D eigenvalue weighted by molar-refractivity contribution is 7.80. The molecule has 0 saturated carbocycles. The van der Waals surface area contributed by atoms with Gasteiger partial charge in [-0.2, -0.15) is 8.42 Å². The largest absolute Gasteiger partial charge is 0.478 e. The Bertz CT molecular complexity index is 2370. The molecule has 0 aromatic carbocycles. The summed E-state index contributed by atoms with van der Waals surface area (Å²) in [6, 6.07) is 0. The first-order valence-electron chi connectivity index (χ1n) is 27.8. The topological polar surface area (TPSA) is 405 Å².